The zero-order valence-corrected chi connectivity index (χ0v) is 24.4. The molecule has 218 valence electrons. The van der Waals surface area contributed by atoms with Gasteiger partial charge in [-0.1, -0.05) is 49.4 Å². The molecular formula is C33H40N2O6. The van der Waals surface area contributed by atoms with E-state index in [1.165, 1.54) is 6.92 Å². The van der Waals surface area contributed by atoms with E-state index in [4.69, 9.17) is 14.9 Å². The maximum Gasteiger partial charge on any atom is 0.421 e. The molecule has 3 N–H and O–H groups in total. The van der Waals surface area contributed by atoms with Gasteiger partial charge in [0.05, 0.1) is 17.3 Å². The number of benzene rings is 2. The van der Waals surface area contributed by atoms with Crippen molar-refractivity contribution in [1.29, 1.82) is 0 Å². The highest BCUT2D eigenvalue weighted by molar-refractivity contribution is 6.14. The minimum absolute atomic E-state index is 0.0700. The molecule has 1 fully saturated rings. The maximum atomic E-state index is 13.5. The fourth-order valence-corrected chi connectivity index (χ4v) is 5.14. The fraction of sp³-hybridized carbons (Fsp3) is 0.424. The molecule has 1 saturated carbocycles. The second-order valence-electron chi connectivity index (χ2n) is 11.9. The molecule has 2 unspecified atom stereocenters. The van der Waals surface area contributed by atoms with Crippen LogP contribution >= 0.6 is 0 Å². The number of amides is 2. The molecule has 8 heteroatoms. The van der Waals surface area contributed by atoms with Crippen molar-refractivity contribution in [1.82, 2.24) is 0 Å². The summed E-state index contributed by atoms with van der Waals surface area (Å²) < 4.78 is 11.4. The molecule has 1 aliphatic carbocycles. The van der Waals surface area contributed by atoms with Crippen LogP contribution in [0.1, 0.15) is 88.2 Å². The van der Waals surface area contributed by atoms with E-state index in [0.29, 0.717) is 17.7 Å². The van der Waals surface area contributed by atoms with Gasteiger partial charge in [0.15, 0.2) is 0 Å². The van der Waals surface area contributed by atoms with Gasteiger partial charge in [0, 0.05) is 17.9 Å². The lowest BCUT2D eigenvalue weighted by molar-refractivity contribution is -0.119. The number of hydrogen-bond acceptors (Lipinski definition) is 7. The van der Waals surface area contributed by atoms with E-state index in [1.807, 2.05) is 43.3 Å². The topological polar surface area (TPSA) is 123 Å². The van der Waals surface area contributed by atoms with E-state index in [2.05, 4.69) is 0 Å². The van der Waals surface area contributed by atoms with E-state index in [9.17, 15) is 19.5 Å². The minimum Gasteiger partial charge on any atom is -0.507 e. The highest BCUT2D eigenvalue weighted by Gasteiger charge is 2.39. The summed E-state index contributed by atoms with van der Waals surface area (Å²) in [7, 11) is 0. The lowest BCUT2D eigenvalue weighted by Gasteiger charge is -2.28. The first kappa shape index (κ1) is 30.1. The Kier molecular flexibility index (Phi) is 9.02. The van der Waals surface area contributed by atoms with Gasteiger partial charge in [0.1, 0.15) is 17.1 Å². The first-order valence-corrected chi connectivity index (χ1v) is 14.2. The Labute approximate surface area is 241 Å². The minimum atomic E-state index is -0.948. The van der Waals surface area contributed by atoms with Crippen LogP contribution in [0.3, 0.4) is 0 Å². The average Bonchev–Trinajstić information content (AvgIpc) is 3.74. The molecule has 1 heterocycles. The summed E-state index contributed by atoms with van der Waals surface area (Å²) in [6.07, 6.45) is 2.32. The predicted octanol–water partition coefficient (Wildman–Crippen LogP) is 6.24. The third-order valence-corrected chi connectivity index (χ3v) is 7.28. The van der Waals surface area contributed by atoms with Crippen LogP contribution in [0.15, 0.2) is 69.9 Å². The van der Waals surface area contributed by atoms with Gasteiger partial charge in [-0.05, 0) is 82.6 Å². The van der Waals surface area contributed by atoms with E-state index >= 15 is 0 Å². The van der Waals surface area contributed by atoms with Crippen molar-refractivity contribution in [2.24, 2.45) is 11.7 Å². The average molecular weight is 561 g/mol. The summed E-state index contributed by atoms with van der Waals surface area (Å²) in [5.41, 5.74) is 6.73. The van der Waals surface area contributed by atoms with Gasteiger partial charge in [0.25, 0.3) is 5.91 Å². The summed E-state index contributed by atoms with van der Waals surface area (Å²) in [6, 6.07) is 17.4. The van der Waals surface area contributed by atoms with Crippen molar-refractivity contribution in [3.8, 4) is 5.75 Å². The first-order valence-electron chi connectivity index (χ1n) is 14.2. The van der Waals surface area contributed by atoms with Gasteiger partial charge in [0.2, 0.25) is 0 Å². The molecule has 2 aromatic carbocycles. The SMILES string of the molecule is CCC(Cc1ccccc1)c1cc(O)c(C(c2cccc(N(C(=O)OC(C)(C)C)C(=O)[C@H](C)N)c2)C2CC2)c(=O)o1. The second kappa shape index (κ2) is 12.3. The highest BCUT2D eigenvalue weighted by Crippen LogP contribution is 2.48. The summed E-state index contributed by atoms with van der Waals surface area (Å²) >= 11 is 0. The van der Waals surface area contributed by atoms with Gasteiger partial charge >= 0.3 is 11.7 Å². The Morgan fingerprint density at radius 1 is 1.10 bits per heavy atom. The zero-order valence-electron chi connectivity index (χ0n) is 24.4. The van der Waals surface area contributed by atoms with Crippen LogP contribution in [0.2, 0.25) is 0 Å². The smallest absolute Gasteiger partial charge is 0.421 e. The van der Waals surface area contributed by atoms with Crippen LogP contribution in [0, 0.1) is 5.92 Å². The fourth-order valence-electron chi connectivity index (χ4n) is 5.14. The van der Waals surface area contributed by atoms with Crippen LogP contribution in [-0.4, -0.2) is 28.7 Å². The van der Waals surface area contributed by atoms with E-state index in [-0.39, 0.29) is 28.8 Å². The molecule has 1 aliphatic rings. The number of nitrogens with two attached hydrogens (primary N) is 1. The molecule has 3 aromatic rings. The molecule has 0 aliphatic heterocycles. The quantitative estimate of drug-likeness (QED) is 0.318. The number of aromatic hydroxyl groups is 1. The summed E-state index contributed by atoms with van der Waals surface area (Å²) in [5.74, 6) is -0.713. The standard InChI is InChI=1S/C33H40N2O6/c1-6-22(17-21-11-8-7-9-12-21)27-19-26(36)29(31(38)40-27)28(23-15-16-23)24-13-10-14-25(18-24)35(30(37)20(2)34)32(39)41-33(3,4)5/h7-14,18-20,22-23,28,36H,6,15-17,34H2,1-5H3/t20-,22?,28?/m0/s1. The second-order valence-corrected chi connectivity index (χ2v) is 11.9. The van der Waals surface area contributed by atoms with Crippen molar-refractivity contribution in [2.75, 3.05) is 4.90 Å². The summed E-state index contributed by atoms with van der Waals surface area (Å²) in [6.45, 7) is 8.68. The molecule has 1 aromatic heterocycles. The molecule has 3 atom stereocenters. The van der Waals surface area contributed by atoms with Crippen LogP contribution in [0.4, 0.5) is 10.5 Å². The number of anilines is 1. The Morgan fingerprint density at radius 3 is 2.34 bits per heavy atom. The molecule has 0 spiro atoms. The van der Waals surface area contributed by atoms with Crippen LogP contribution in [0.5, 0.6) is 5.75 Å². The van der Waals surface area contributed by atoms with Crippen molar-refractivity contribution in [2.45, 2.75) is 83.8 Å². The van der Waals surface area contributed by atoms with Crippen molar-refractivity contribution in [3.63, 3.8) is 0 Å². The molecule has 4 rings (SSSR count). The van der Waals surface area contributed by atoms with Crippen molar-refractivity contribution >= 4 is 17.7 Å². The van der Waals surface area contributed by atoms with Gasteiger partial charge in [-0.15, -0.1) is 0 Å². The zero-order chi connectivity index (χ0) is 29.9. The molecule has 0 bridgehead atoms. The number of hydrogen-bond donors (Lipinski definition) is 2. The van der Waals surface area contributed by atoms with Crippen LogP contribution in [0.25, 0.3) is 0 Å². The Morgan fingerprint density at radius 2 is 1.78 bits per heavy atom. The molecule has 2 amide bonds. The third-order valence-electron chi connectivity index (χ3n) is 7.28. The number of ether oxygens (including phenoxy) is 1. The molecule has 0 saturated heterocycles. The van der Waals surface area contributed by atoms with Crippen molar-refractivity contribution in [3.05, 3.63) is 93.5 Å². The summed E-state index contributed by atoms with van der Waals surface area (Å²) in [5, 5.41) is 11.2. The van der Waals surface area contributed by atoms with Crippen LogP contribution in [-0.2, 0) is 16.0 Å². The molecule has 8 nitrogen and oxygen atoms in total. The van der Waals surface area contributed by atoms with Crippen LogP contribution < -0.4 is 16.3 Å². The molecular weight excluding hydrogens is 520 g/mol. The lowest BCUT2D eigenvalue weighted by Crippen LogP contribution is -2.47. The maximum absolute atomic E-state index is 13.5. The Hall–Kier alpha value is -3.91. The predicted molar refractivity (Wildman–Crippen MR) is 158 cm³/mol. The molecule has 41 heavy (non-hydrogen) atoms. The Bertz CT molecular complexity index is 1440. The molecule has 0 radical (unpaired) electrons. The van der Waals surface area contributed by atoms with E-state index in [1.54, 1.807) is 45.0 Å². The number of rotatable bonds is 9. The first-order chi connectivity index (χ1) is 19.4. The number of imide groups is 1. The van der Waals surface area contributed by atoms with E-state index < -0.39 is 35.2 Å². The summed E-state index contributed by atoms with van der Waals surface area (Å²) in [4.78, 5) is 40.5. The van der Waals surface area contributed by atoms with E-state index in [0.717, 1.165) is 29.7 Å². The monoisotopic (exact) mass is 560 g/mol. The number of carbonyl (C=O) groups excluding carboxylic acids is 2. The normalized spacial score (nSPS) is 15.6. The van der Waals surface area contributed by atoms with Crippen molar-refractivity contribution < 1.29 is 23.8 Å². The number of nitrogens with zero attached hydrogens (tertiary/aromatic N) is 1. The highest BCUT2D eigenvalue weighted by atomic mass is 16.6. The van der Waals surface area contributed by atoms with Gasteiger partial charge in [-0.2, -0.15) is 0 Å². The Balaban J connectivity index is 1.72. The largest absolute Gasteiger partial charge is 0.507 e. The van der Waals surface area contributed by atoms with Gasteiger partial charge in [-0.3, -0.25) is 4.79 Å². The van der Waals surface area contributed by atoms with Gasteiger partial charge in [-0.25, -0.2) is 14.5 Å². The third kappa shape index (κ3) is 7.24. The number of carbonyl (C=O) groups is 2. The lowest BCUT2D eigenvalue weighted by atomic mass is 9.86. The van der Waals surface area contributed by atoms with Gasteiger partial charge < -0.3 is 20.0 Å².